The minimum Gasteiger partial charge on any atom is -0.355 e. The van der Waals surface area contributed by atoms with Crippen molar-refractivity contribution in [1.29, 1.82) is 0 Å². The zero-order valence-corrected chi connectivity index (χ0v) is 21.7. The van der Waals surface area contributed by atoms with Crippen molar-refractivity contribution < 1.29 is 17.6 Å². The summed E-state index contributed by atoms with van der Waals surface area (Å²) < 4.78 is 53.7. The van der Waals surface area contributed by atoms with Gasteiger partial charge in [0, 0.05) is 24.8 Å². The zero-order chi connectivity index (χ0) is 27.1. The third-order valence-electron chi connectivity index (χ3n) is 7.19. The van der Waals surface area contributed by atoms with E-state index >= 15 is 0 Å². The van der Waals surface area contributed by atoms with E-state index in [1.54, 1.807) is 6.07 Å². The predicted molar refractivity (Wildman–Crippen MR) is 140 cm³/mol. The van der Waals surface area contributed by atoms with E-state index in [-0.39, 0.29) is 29.5 Å². The number of hydrogen-bond donors (Lipinski definition) is 0. The van der Waals surface area contributed by atoms with E-state index in [9.17, 15) is 22.4 Å². The quantitative estimate of drug-likeness (QED) is 0.345. The van der Waals surface area contributed by atoms with Crippen LogP contribution in [0, 0.1) is 12.7 Å². The zero-order valence-electron chi connectivity index (χ0n) is 21.7. The summed E-state index contributed by atoms with van der Waals surface area (Å²) in [5.74, 6) is 0.680. The fraction of sp³-hybridized carbons (Fsp3) is 0.483. The van der Waals surface area contributed by atoms with Crippen molar-refractivity contribution in [2.75, 3.05) is 18.0 Å². The van der Waals surface area contributed by atoms with Gasteiger partial charge in [-0.3, -0.25) is 9.78 Å². The van der Waals surface area contributed by atoms with Crippen LogP contribution < -0.4 is 10.5 Å². The maximum atomic E-state index is 13.4. The highest BCUT2D eigenvalue weighted by atomic mass is 19.4. The second kappa shape index (κ2) is 12.5. The van der Waals surface area contributed by atoms with E-state index in [1.165, 1.54) is 29.1 Å². The van der Waals surface area contributed by atoms with Crippen LogP contribution in [0.4, 0.5) is 23.4 Å². The Morgan fingerprint density at radius 3 is 2.29 bits per heavy atom. The first kappa shape index (κ1) is 27.8. The van der Waals surface area contributed by atoms with Crippen LogP contribution in [0.2, 0.25) is 0 Å². The molecule has 3 heterocycles. The van der Waals surface area contributed by atoms with Gasteiger partial charge in [-0.05, 0) is 80.8 Å². The van der Waals surface area contributed by atoms with Gasteiger partial charge in [0.15, 0.2) is 0 Å². The number of anilines is 1. The lowest BCUT2D eigenvalue weighted by molar-refractivity contribution is -0.138. The van der Waals surface area contributed by atoms with E-state index in [1.807, 2.05) is 19.1 Å². The van der Waals surface area contributed by atoms with Gasteiger partial charge in [-0.15, -0.1) is 0 Å². The van der Waals surface area contributed by atoms with Crippen molar-refractivity contribution in [1.82, 2.24) is 14.8 Å². The van der Waals surface area contributed by atoms with Gasteiger partial charge in [0.05, 0.1) is 17.8 Å². The highest BCUT2D eigenvalue weighted by Crippen LogP contribution is 2.33. The molecule has 2 aromatic heterocycles. The second-order valence-corrected chi connectivity index (χ2v) is 10.1. The summed E-state index contributed by atoms with van der Waals surface area (Å²) >= 11 is 0. The second-order valence-electron chi connectivity index (χ2n) is 10.1. The largest absolute Gasteiger partial charge is 0.418 e. The maximum Gasteiger partial charge on any atom is 0.418 e. The smallest absolute Gasteiger partial charge is 0.355 e. The molecular weight excluding hydrogens is 496 g/mol. The molecule has 0 unspecified atom stereocenters. The van der Waals surface area contributed by atoms with E-state index in [4.69, 9.17) is 0 Å². The van der Waals surface area contributed by atoms with Gasteiger partial charge in [-0.25, -0.2) is 9.07 Å². The molecule has 3 aromatic rings. The van der Waals surface area contributed by atoms with Crippen molar-refractivity contribution in [3.8, 4) is 0 Å². The minimum atomic E-state index is -4.52. The van der Waals surface area contributed by atoms with E-state index in [0.29, 0.717) is 11.4 Å². The molecular formula is C29H34F4N4O. The molecule has 0 spiro atoms. The summed E-state index contributed by atoms with van der Waals surface area (Å²) in [5.41, 5.74) is 0.368. The van der Waals surface area contributed by atoms with Gasteiger partial charge in [-0.1, -0.05) is 31.4 Å². The Bertz CT molecular complexity index is 1240. The SMILES string of the molecule is Cc1cccc(F)c1.O=c1c(C2CCCCC2)cc(N2CCCCC2)nn1Cc1ncccc1C(F)(F)F. The molecule has 5 rings (SSSR count). The summed E-state index contributed by atoms with van der Waals surface area (Å²) in [5, 5.41) is 4.49. The first-order chi connectivity index (χ1) is 18.2. The molecule has 9 heteroatoms. The van der Waals surface area contributed by atoms with Crippen LogP contribution in [0.25, 0.3) is 0 Å². The summed E-state index contributed by atoms with van der Waals surface area (Å²) in [4.78, 5) is 19.3. The molecule has 0 amide bonds. The molecule has 0 N–H and O–H groups in total. The van der Waals surface area contributed by atoms with Crippen LogP contribution in [0.3, 0.4) is 0 Å². The highest BCUT2D eigenvalue weighted by Gasteiger charge is 2.34. The molecule has 1 aliphatic heterocycles. The Labute approximate surface area is 220 Å². The lowest BCUT2D eigenvalue weighted by atomic mass is 9.84. The number of aromatic nitrogens is 3. The Balaban J connectivity index is 0.000000360. The topological polar surface area (TPSA) is 51.0 Å². The lowest BCUT2D eigenvalue weighted by Crippen LogP contribution is -2.35. The Kier molecular flexibility index (Phi) is 9.17. The predicted octanol–water partition coefficient (Wildman–Crippen LogP) is 6.88. The van der Waals surface area contributed by atoms with Gasteiger partial charge in [0.2, 0.25) is 0 Å². The number of rotatable bonds is 4. The molecule has 0 bridgehead atoms. The standard InChI is InChI=1S/C22H27F3N4O.C7H7F/c23-22(24,25)18-10-7-11-26-19(18)15-29-21(30)17(16-8-3-1-4-9-16)14-20(27-29)28-12-5-2-6-13-28;1-6-3-2-4-7(8)5-6/h7,10-11,14,16H,1-6,8-9,12-13,15H2;2-5H,1H3. The number of alkyl halides is 3. The molecule has 1 aromatic carbocycles. The van der Waals surface area contributed by atoms with Crippen molar-refractivity contribution in [3.05, 3.63) is 87.2 Å². The number of piperidine rings is 1. The molecule has 5 nitrogen and oxygen atoms in total. The molecule has 1 aliphatic carbocycles. The van der Waals surface area contributed by atoms with Crippen LogP contribution in [-0.2, 0) is 12.7 Å². The van der Waals surface area contributed by atoms with E-state index < -0.39 is 11.7 Å². The summed E-state index contributed by atoms with van der Waals surface area (Å²) in [6.45, 7) is 3.29. The average Bonchev–Trinajstić information content (AvgIpc) is 2.91. The molecule has 0 atom stereocenters. The minimum absolute atomic E-state index is 0.148. The molecule has 38 heavy (non-hydrogen) atoms. The van der Waals surface area contributed by atoms with Gasteiger partial charge >= 0.3 is 6.18 Å². The number of hydrogen-bond acceptors (Lipinski definition) is 4. The number of pyridine rings is 1. The third-order valence-corrected chi connectivity index (χ3v) is 7.19. The Morgan fingerprint density at radius 2 is 1.66 bits per heavy atom. The van der Waals surface area contributed by atoms with Crippen molar-refractivity contribution in [3.63, 3.8) is 0 Å². The van der Waals surface area contributed by atoms with E-state index in [2.05, 4.69) is 15.0 Å². The highest BCUT2D eigenvalue weighted by molar-refractivity contribution is 5.41. The number of nitrogens with zero attached hydrogens (tertiary/aromatic N) is 4. The van der Waals surface area contributed by atoms with Crippen LogP contribution in [0.5, 0.6) is 0 Å². The lowest BCUT2D eigenvalue weighted by Gasteiger charge is -2.29. The Hall–Kier alpha value is -3.23. The fourth-order valence-corrected chi connectivity index (χ4v) is 5.21. The van der Waals surface area contributed by atoms with Crippen LogP contribution in [0.15, 0.2) is 53.5 Å². The number of benzene rings is 1. The van der Waals surface area contributed by atoms with Crippen LogP contribution in [-0.4, -0.2) is 27.9 Å². The molecule has 1 saturated heterocycles. The number of aryl methyl sites for hydroxylation is 1. The van der Waals surface area contributed by atoms with E-state index in [0.717, 1.165) is 76.1 Å². The Morgan fingerprint density at radius 1 is 0.947 bits per heavy atom. The number of halogens is 4. The van der Waals surface area contributed by atoms with Gasteiger partial charge in [0.1, 0.15) is 11.6 Å². The molecule has 1 saturated carbocycles. The summed E-state index contributed by atoms with van der Waals surface area (Å²) in [7, 11) is 0. The van der Waals surface area contributed by atoms with Gasteiger partial charge in [0.25, 0.3) is 5.56 Å². The molecule has 204 valence electrons. The van der Waals surface area contributed by atoms with Gasteiger partial charge < -0.3 is 4.90 Å². The van der Waals surface area contributed by atoms with Crippen LogP contribution >= 0.6 is 0 Å². The van der Waals surface area contributed by atoms with Crippen LogP contribution in [0.1, 0.15) is 79.7 Å². The first-order valence-corrected chi connectivity index (χ1v) is 13.3. The monoisotopic (exact) mass is 530 g/mol. The molecule has 0 radical (unpaired) electrons. The third kappa shape index (κ3) is 7.20. The van der Waals surface area contributed by atoms with Crippen molar-refractivity contribution in [2.24, 2.45) is 0 Å². The first-order valence-electron chi connectivity index (χ1n) is 13.3. The van der Waals surface area contributed by atoms with Crippen molar-refractivity contribution >= 4 is 5.82 Å². The summed E-state index contributed by atoms with van der Waals surface area (Å²) in [6.07, 6.45) is 5.26. The average molecular weight is 531 g/mol. The summed E-state index contributed by atoms with van der Waals surface area (Å²) in [6, 6.07) is 10.7. The fourth-order valence-electron chi connectivity index (χ4n) is 5.21. The normalized spacial score (nSPS) is 16.6. The van der Waals surface area contributed by atoms with Crippen molar-refractivity contribution in [2.45, 2.75) is 76.9 Å². The maximum absolute atomic E-state index is 13.4. The molecule has 2 aliphatic rings. The molecule has 2 fully saturated rings. The van der Waals surface area contributed by atoms with Gasteiger partial charge in [-0.2, -0.15) is 18.3 Å².